The Balaban J connectivity index is 1.76. The first kappa shape index (κ1) is 15.7. The molecule has 0 radical (unpaired) electrons. The van der Waals surface area contributed by atoms with Gasteiger partial charge in [-0.05, 0) is 54.7 Å². The highest BCUT2D eigenvalue weighted by Gasteiger charge is 2.46. The van der Waals surface area contributed by atoms with Crippen molar-refractivity contribution in [2.24, 2.45) is 5.41 Å². The van der Waals surface area contributed by atoms with Crippen LogP contribution in [0.15, 0.2) is 18.2 Å². The summed E-state index contributed by atoms with van der Waals surface area (Å²) in [6.45, 7) is 9.22. The minimum atomic E-state index is -0.386. The van der Waals surface area contributed by atoms with Crippen molar-refractivity contribution in [2.45, 2.75) is 84.3 Å². The van der Waals surface area contributed by atoms with Crippen LogP contribution in [0.1, 0.15) is 84.1 Å². The molecule has 0 amide bonds. The van der Waals surface area contributed by atoms with Crippen molar-refractivity contribution < 1.29 is 9.47 Å². The lowest BCUT2D eigenvalue weighted by Crippen LogP contribution is -2.44. The van der Waals surface area contributed by atoms with Gasteiger partial charge in [0.1, 0.15) is 0 Å². The van der Waals surface area contributed by atoms with E-state index < -0.39 is 0 Å². The molecule has 0 saturated heterocycles. The molecule has 122 valence electrons. The molecule has 2 nitrogen and oxygen atoms in total. The summed E-state index contributed by atoms with van der Waals surface area (Å²) in [5, 5.41) is 0. The number of fused-ring (bicyclic) bond motifs is 1. The molecule has 3 rings (SSSR count). The summed E-state index contributed by atoms with van der Waals surface area (Å²) >= 11 is 0. The van der Waals surface area contributed by atoms with E-state index in [1.165, 1.54) is 37.7 Å². The average molecular weight is 302 g/mol. The molecule has 22 heavy (non-hydrogen) atoms. The van der Waals surface area contributed by atoms with Crippen molar-refractivity contribution in [1.82, 2.24) is 0 Å². The van der Waals surface area contributed by atoms with Gasteiger partial charge in [-0.1, -0.05) is 40.2 Å². The molecule has 2 heteroatoms. The SMILES string of the molecule is CCCC(CC)c1ccc2c(c1)OC1(CCC(C)(C)CC1)O2. The van der Waals surface area contributed by atoms with E-state index in [2.05, 4.69) is 45.9 Å². The van der Waals surface area contributed by atoms with Gasteiger partial charge in [0.25, 0.3) is 5.79 Å². The second kappa shape index (κ2) is 5.79. The number of hydrogen-bond acceptors (Lipinski definition) is 2. The molecule has 1 fully saturated rings. The summed E-state index contributed by atoms with van der Waals surface area (Å²) < 4.78 is 12.6. The summed E-state index contributed by atoms with van der Waals surface area (Å²) in [4.78, 5) is 0. The zero-order valence-electron chi connectivity index (χ0n) is 14.6. The van der Waals surface area contributed by atoms with Crippen molar-refractivity contribution >= 4 is 0 Å². The second-order valence-corrected chi connectivity index (χ2v) is 7.88. The van der Waals surface area contributed by atoms with Crippen molar-refractivity contribution in [1.29, 1.82) is 0 Å². The van der Waals surface area contributed by atoms with Gasteiger partial charge in [0, 0.05) is 12.8 Å². The zero-order valence-corrected chi connectivity index (χ0v) is 14.6. The summed E-state index contributed by atoms with van der Waals surface area (Å²) in [6, 6.07) is 6.59. The molecular formula is C20H30O2. The van der Waals surface area contributed by atoms with Gasteiger partial charge in [-0.2, -0.15) is 0 Å². The molecule has 0 aromatic heterocycles. The molecular weight excluding hydrogens is 272 g/mol. The quantitative estimate of drug-likeness (QED) is 0.674. The number of rotatable bonds is 4. The monoisotopic (exact) mass is 302 g/mol. The molecule has 1 unspecified atom stereocenters. The van der Waals surface area contributed by atoms with Gasteiger partial charge in [0.15, 0.2) is 11.5 Å². The molecule has 2 aliphatic rings. The van der Waals surface area contributed by atoms with Crippen LogP contribution in [0.4, 0.5) is 0 Å². The zero-order chi connectivity index (χ0) is 15.8. The number of benzene rings is 1. The minimum Gasteiger partial charge on any atom is -0.448 e. The Hall–Kier alpha value is -1.18. The minimum absolute atomic E-state index is 0.386. The van der Waals surface area contributed by atoms with Gasteiger partial charge in [0.2, 0.25) is 0 Å². The molecule has 1 aliphatic carbocycles. The van der Waals surface area contributed by atoms with E-state index in [9.17, 15) is 0 Å². The summed E-state index contributed by atoms with van der Waals surface area (Å²) in [5.41, 5.74) is 1.83. The van der Waals surface area contributed by atoms with Gasteiger partial charge in [0.05, 0.1) is 0 Å². The Bertz CT molecular complexity index is 523. The van der Waals surface area contributed by atoms with Crippen molar-refractivity contribution in [2.75, 3.05) is 0 Å². The fourth-order valence-corrected chi connectivity index (χ4v) is 3.83. The van der Waals surface area contributed by atoms with Crippen LogP contribution in [0.2, 0.25) is 0 Å². The number of ether oxygens (including phenoxy) is 2. The fourth-order valence-electron chi connectivity index (χ4n) is 3.83. The summed E-state index contributed by atoms with van der Waals surface area (Å²) in [7, 11) is 0. The molecule has 1 heterocycles. The van der Waals surface area contributed by atoms with E-state index in [4.69, 9.17) is 9.47 Å². The average Bonchev–Trinajstić information content (AvgIpc) is 2.86. The maximum absolute atomic E-state index is 6.32. The van der Waals surface area contributed by atoms with Crippen LogP contribution in [-0.4, -0.2) is 5.79 Å². The molecule has 1 aromatic carbocycles. The van der Waals surface area contributed by atoms with Gasteiger partial charge >= 0.3 is 0 Å². The maximum atomic E-state index is 6.32. The molecule has 1 aliphatic heterocycles. The standard InChI is InChI=1S/C20H30O2/c1-5-7-15(6-2)16-8-9-17-18(14-16)22-20(21-17)12-10-19(3,4)11-13-20/h8-9,14-15H,5-7,10-13H2,1-4H3. The Morgan fingerprint density at radius 2 is 1.68 bits per heavy atom. The van der Waals surface area contributed by atoms with Crippen LogP contribution < -0.4 is 9.47 Å². The highest BCUT2D eigenvalue weighted by molar-refractivity contribution is 5.47. The second-order valence-electron chi connectivity index (χ2n) is 7.88. The van der Waals surface area contributed by atoms with Gasteiger partial charge in [-0.15, -0.1) is 0 Å². The first-order chi connectivity index (χ1) is 10.5. The van der Waals surface area contributed by atoms with E-state index in [-0.39, 0.29) is 5.79 Å². The highest BCUT2D eigenvalue weighted by Crippen LogP contribution is 2.50. The summed E-state index contributed by atoms with van der Waals surface area (Å²) in [6.07, 6.45) is 7.99. The number of hydrogen-bond donors (Lipinski definition) is 0. The molecule has 0 N–H and O–H groups in total. The predicted molar refractivity (Wildman–Crippen MR) is 90.6 cm³/mol. The Morgan fingerprint density at radius 1 is 1.00 bits per heavy atom. The van der Waals surface area contributed by atoms with E-state index >= 15 is 0 Å². The predicted octanol–water partition coefficient (Wildman–Crippen LogP) is 6.05. The Labute approximate surface area is 135 Å². The van der Waals surface area contributed by atoms with Crippen molar-refractivity contribution in [3.05, 3.63) is 23.8 Å². The van der Waals surface area contributed by atoms with E-state index in [1.54, 1.807) is 0 Å². The van der Waals surface area contributed by atoms with Gasteiger partial charge in [-0.3, -0.25) is 0 Å². The molecule has 0 bridgehead atoms. The van der Waals surface area contributed by atoms with Crippen LogP contribution in [0.3, 0.4) is 0 Å². The largest absolute Gasteiger partial charge is 0.448 e. The molecule has 1 saturated carbocycles. The lowest BCUT2D eigenvalue weighted by Gasteiger charge is -2.39. The Kier molecular flexibility index (Phi) is 4.13. The molecule has 1 aromatic rings. The van der Waals surface area contributed by atoms with E-state index in [1.807, 2.05) is 0 Å². The van der Waals surface area contributed by atoms with E-state index in [0.29, 0.717) is 11.3 Å². The van der Waals surface area contributed by atoms with Crippen LogP contribution in [0.5, 0.6) is 11.5 Å². The third-order valence-corrected chi connectivity index (χ3v) is 5.53. The Morgan fingerprint density at radius 3 is 2.32 bits per heavy atom. The lowest BCUT2D eigenvalue weighted by atomic mass is 9.75. The maximum Gasteiger partial charge on any atom is 0.251 e. The van der Waals surface area contributed by atoms with Crippen LogP contribution in [0.25, 0.3) is 0 Å². The first-order valence-electron chi connectivity index (χ1n) is 8.99. The normalized spacial score (nSPS) is 22.7. The first-order valence-corrected chi connectivity index (χ1v) is 8.99. The fraction of sp³-hybridized carbons (Fsp3) is 0.700. The van der Waals surface area contributed by atoms with Crippen molar-refractivity contribution in [3.8, 4) is 11.5 Å². The van der Waals surface area contributed by atoms with Crippen LogP contribution in [0, 0.1) is 5.41 Å². The highest BCUT2D eigenvalue weighted by atomic mass is 16.7. The van der Waals surface area contributed by atoms with Crippen molar-refractivity contribution in [3.63, 3.8) is 0 Å². The summed E-state index contributed by atoms with van der Waals surface area (Å²) in [5.74, 6) is 2.16. The van der Waals surface area contributed by atoms with Gasteiger partial charge in [-0.25, -0.2) is 0 Å². The molecule has 1 atom stereocenters. The van der Waals surface area contributed by atoms with E-state index in [0.717, 1.165) is 24.3 Å². The smallest absolute Gasteiger partial charge is 0.251 e. The topological polar surface area (TPSA) is 18.5 Å². The lowest BCUT2D eigenvalue weighted by molar-refractivity contribution is -0.123. The van der Waals surface area contributed by atoms with Crippen LogP contribution >= 0.6 is 0 Å². The van der Waals surface area contributed by atoms with Gasteiger partial charge < -0.3 is 9.47 Å². The third kappa shape index (κ3) is 2.98. The third-order valence-electron chi connectivity index (χ3n) is 5.53. The van der Waals surface area contributed by atoms with Crippen LogP contribution in [-0.2, 0) is 0 Å². The molecule has 1 spiro atoms.